The minimum Gasteiger partial charge on any atom is -0.354 e. The minimum absolute atomic E-state index is 0.0435. The highest BCUT2D eigenvalue weighted by atomic mass is 35.5. The number of hydrogen-bond donors (Lipinski definition) is 1. The van der Waals surface area contributed by atoms with Crippen LogP contribution in [0.25, 0.3) is 10.9 Å². The van der Waals surface area contributed by atoms with Gasteiger partial charge in [-0.25, -0.2) is 4.98 Å². The molecule has 1 aliphatic rings. The molecule has 3 rings (SSSR count). The maximum atomic E-state index is 12.8. The first kappa shape index (κ1) is 21.7. The van der Waals surface area contributed by atoms with E-state index in [9.17, 15) is 19.2 Å². The second-order valence-electron chi connectivity index (χ2n) is 6.56. The SMILES string of the molecule is CC(C)n1c(SCC(=O)NCCN2C(=O)CSC2=O)nc2cc(Cl)ccc2c1=O. The molecule has 11 heteroatoms. The lowest BCUT2D eigenvalue weighted by molar-refractivity contribution is -0.125. The van der Waals surface area contributed by atoms with Crippen molar-refractivity contribution < 1.29 is 14.4 Å². The number of nitrogens with zero attached hydrogens (tertiary/aromatic N) is 3. The van der Waals surface area contributed by atoms with Crippen LogP contribution in [0.3, 0.4) is 0 Å². The van der Waals surface area contributed by atoms with Crippen LogP contribution in [0.15, 0.2) is 28.2 Å². The number of carbonyl (C=O) groups excluding carboxylic acids is 3. The molecule has 1 fully saturated rings. The third-order valence-corrected chi connectivity index (χ3v) is 6.22. The van der Waals surface area contributed by atoms with Crippen LogP contribution in [-0.2, 0) is 9.59 Å². The molecule has 0 bridgehead atoms. The maximum absolute atomic E-state index is 12.8. The van der Waals surface area contributed by atoms with Crippen molar-refractivity contribution in [1.29, 1.82) is 0 Å². The van der Waals surface area contributed by atoms with Gasteiger partial charge in [-0.15, -0.1) is 0 Å². The smallest absolute Gasteiger partial charge is 0.288 e. The van der Waals surface area contributed by atoms with Gasteiger partial charge in [-0.05, 0) is 32.0 Å². The summed E-state index contributed by atoms with van der Waals surface area (Å²) < 4.78 is 1.55. The highest BCUT2D eigenvalue weighted by Crippen LogP contribution is 2.22. The van der Waals surface area contributed by atoms with Crippen LogP contribution >= 0.6 is 35.1 Å². The van der Waals surface area contributed by atoms with E-state index < -0.39 is 0 Å². The fraction of sp³-hybridized carbons (Fsp3) is 0.389. The van der Waals surface area contributed by atoms with Gasteiger partial charge in [-0.2, -0.15) is 0 Å². The second-order valence-corrected chi connectivity index (χ2v) is 8.87. The van der Waals surface area contributed by atoms with E-state index >= 15 is 0 Å². The Morgan fingerprint density at radius 1 is 1.34 bits per heavy atom. The molecule has 29 heavy (non-hydrogen) atoms. The van der Waals surface area contributed by atoms with E-state index in [1.165, 1.54) is 0 Å². The number of hydrogen-bond acceptors (Lipinski definition) is 7. The van der Waals surface area contributed by atoms with E-state index in [0.29, 0.717) is 21.1 Å². The van der Waals surface area contributed by atoms with Crippen LogP contribution in [0.4, 0.5) is 4.79 Å². The molecule has 3 amide bonds. The summed E-state index contributed by atoms with van der Waals surface area (Å²) >= 11 is 8.12. The summed E-state index contributed by atoms with van der Waals surface area (Å²) in [4.78, 5) is 53.7. The van der Waals surface area contributed by atoms with Gasteiger partial charge in [0.05, 0.1) is 22.4 Å². The van der Waals surface area contributed by atoms with Crippen molar-refractivity contribution in [3.8, 4) is 0 Å². The van der Waals surface area contributed by atoms with Gasteiger partial charge in [0.15, 0.2) is 5.16 Å². The summed E-state index contributed by atoms with van der Waals surface area (Å²) in [7, 11) is 0. The summed E-state index contributed by atoms with van der Waals surface area (Å²) in [5.74, 6) is -0.337. The number of amides is 3. The van der Waals surface area contributed by atoms with Crippen LogP contribution in [0.5, 0.6) is 0 Å². The van der Waals surface area contributed by atoms with Crippen molar-refractivity contribution in [2.24, 2.45) is 0 Å². The number of aromatic nitrogens is 2. The molecule has 1 N–H and O–H groups in total. The van der Waals surface area contributed by atoms with Gasteiger partial charge in [-0.3, -0.25) is 28.6 Å². The molecule has 0 unspecified atom stereocenters. The van der Waals surface area contributed by atoms with Gasteiger partial charge in [-0.1, -0.05) is 35.1 Å². The van der Waals surface area contributed by atoms with Gasteiger partial charge in [0.2, 0.25) is 11.8 Å². The lowest BCUT2D eigenvalue weighted by Gasteiger charge is -2.16. The quantitative estimate of drug-likeness (QED) is 0.506. The number of carbonyl (C=O) groups is 3. The molecule has 0 radical (unpaired) electrons. The zero-order valence-corrected chi connectivity index (χ0v) is 18.2. The number of benzene rings is 1. The summed E-state index contributed by atoms with van der Waals surface area (Å²) in [6, 6.07) is 4.78. The highest BCUT2D eigenvalue weighted by Gasteiger charge is 2.29. The molecule has 154 valence electrons. The fourth-order valence-electron chi connectivity index (χ4n) is 2.79. The Morgan fingerprint density at radius 2 is 2.10 bits per heavy atom. The van der Waals surface area contributed by atoms with Gasteiger partial charge < -0.3 is 5.32 Å². The van der Waals surface area contributed by atoms with E-state index in [-0.39, 0.29) is 53.2 Å². The van der Waals surface area contributed by atoms with Gasteiger partial charge in [0.1, 0.15) is 0 Å². The number of halogens is 1. The molecule has 2 aromatic rings. The number of rotatable bonds is 7. The van der Waals surface area contributed by atoms with Crippen molar-refractivity contribution in [2.45, 2.75) is 25.0 Å². The van der Waals surface area contributed by atoms with Crippen molar-refractivity contribution in [3.05, 3.63) is 33.6 Å². The number of fused-ring (bicyclic) bond motifs is 1. The summed E-state index contributed by atoms with van der Waals surface area (Å²) in [6.45, 7) is 4.06. The van der Waals surface area contributed by atoms with Gasteiger partial charge >= 0.3 is 0 Å². The molecule has 1 saturated heterocycles. The molecule has 1 aromatic heterocycles. The van der Waals surface area contributed by atoms with Crippen LogP contribution < -0.4 is 10.9 Å². The Hall–Kier alpha value is -2.04. The number of nitrogens with one attached hydrogen (secondary N) is 1. The van der Waals surface area contributed by atoms with Crippen molar-refractivity contribution in [2.75, 3.05) is 24.6 Å². The fourth-order valence-corrected chi connectivity index (χ4v) is 4.67. The highest BCUT2D eigenvalue weighted by molar-refractivity contribution is 8.14. The third kappa shape index (κ3) is 4.93. The van der Waals surface area contributed by atoms with E-state index in [1.807, 2.05) is 13.8 Å². The lowest BCUT2D eigenvalue weighted by atomic mass is 10.2. The maximum Gasteiger partial charge on any atom is 0.288 e. The normalized spacial score (nSPS) is 14.3. The second kappa shape index (κ2) is 9.19. The van der Waals surface area contributed by atoms with Gasteiger partial charge in [0, 0.05) is 24.2 Å². The Balaban J connectivity index is 1.67. The molecule has 0 atom stereocenters. The van der Waals surface area contributed by atoms with Crippen molar-refractivity contribution >= 4 is 63.1 Å². The lowest BCUT2D eigenvalue weighted by Crippen LogP contribution is -2.38. The van der Waals surface area contributed by atoms with E-state index in [2.05, 4.69) is 10.3 Å². The topological polar surface area (TPSA) is 101 Å². The Morgan fingerprint density at radius 3 is 2.76 bits per heavy atom. The molecule has 8 nitrogen and oxygen atoms in total. The average Bonchev–Trinajstić information content (AvgIpc) is 2.97. The first-order chi connectivity index (χ1) is 13.8. The third-order valence-electron chi connectivity index (χ3n) is 4.18. The summed E-state index contributed by atoms with van der Waals surface area (Å²) in [5, 5.41) is 3.76. The molecule has 2 heterocycles. The van der Waals surface area contributed by atoms with Crippen LogP contribution in [-0.4, -0.2) is 56.1 Å². The van der Waals surface area contributed by atoms with Gasteiger partial charge in [0.25, 0.3) is 10.8 Å². The predicted molar refractivity (Wildman–Crippen MR) is 115 cm³/mol. The Kier molecular flexibility index (Phi) is 6.86. The molecule has 1 aliphatic heterocycles. The van der Waals surface area contributed by atoms with E-state index in [0.717, 1.165) is 28.4 Å². The zero-order chi connectivity index (χ0) is 21.1. The average molecular weight is 455 g/mol. The Labute approximate surface area is 180 Å². The van der Waals surface area contributed by atoms with Crippen molar-refractivity contribution in [1.82, 2.24) is 19.8 Å². The molecular weight excluding hydrogens is 436 g/mol. The molecular formula is C18H19ClN4O4S2. The summed E-state index contributed by atoms with van der Waals surface area (Å²) in [5.41, 5.74) is 0.291. The first-order valence-electron chi connectivity index (χ1n) is 8.86. The van der Waals surface area contributed by atoms with Crippen LogP contribution in [0.2, 0.25) is 5.02 Å². The first-order valence-corrected chi connectivity index (χ1v) is 11.2. The molecule has 0 saturated carbocycles. The minimum atomic E-state index is -0.293. The standard InChI is InChI=1S/C18H19ClN4O4S2/c1-10(2)23-16(26)12-4-3-11(19)7-13(12)21-17(23)28-8-14(24)20-5-6-22-15(25)9-29-18(22)27/h3-4,7,10H,5-6,8-9H2,1-2H3,(H,20,24). The van der Waals surface area contributed by atoms with E-state index in [1.54, 1.807) is 22.8 Å². The Bertz CT molecular complexity index is 1020. The van der Waals surface area contributed by atoms with E-state index in [4.69, 9.17) is 11.6 Å². The predicted octanol–water partition coefficient (Wildman–Crippen LogP) is 2.53. The zero-order valence-electron chi connectivity index (χ0n) is 15.8. The van der Waals surface area contributed by atoms with Crippen LogP contribution in [0.1, 0.15) is 19.9 Å². The monoisotopic (exact) mass is 454 g/mol. The summed E-state index contributed by atoms with van der Waals surface area (Å²) in [6.07, 6.45) is 0. The number of thioether (sulfide) groups is 2. The van der Waals surface area contributed by atoms with Crippen LogP contribution in [0, 0.1) is 0 Å². The van der Waals surface area contributed by atoms with Crippen molar-refractivity contribution in [3.63, 3.8) is 0 Å². The molecule has 0 spiro atoms. The largest absolute Gasteiger partial charge is 0.354 e. The molecule has 1 aromatic carbocycles. The molecule has 0 aliphatic carbocycles. The number of imide groups is 1.